The number of fused-ring (bicyclic) bond motifs is 1. The quantitative estimate of drug-likeness (QED) is 0.578. The highest BCUT2D eigenvalue weighted by Gasteiger charge is 2.17. The van der Waals surface area contributed by atoms with Gasteiger partial charge in [-0.1, -0.05) is 34.1 Å². The van der Waals surface area contributed by atoms with Crippen LogP contribution < -0.4 is 11.2 Å². The second-order valence-electron chi connectivity index (χ2n) is 5.82. The van der Waals surface area contributed by atoms with Gasteiger partial charge in [-0.05, 0) is 31.2 Å². The van der Waals surface area contributed by atoms with Crippen LogP contribution in [0.1, 0.15) is 12.5 Å². The van der Waals surface area contributed by atoms with Crippen LogP contribution in [-0.2, 0) is 22.6 Å². The lowest BCUT2D eigenvalue weighted by Gasteiger charge is -2.14. The van der Waals surface area contributed by atoms with Gasteiger partial charge in [-0.3, -0.25) is 18.7 Å². The van der Waals surface area contributed by atoms with E-state index in [1.54, 1.807) is 37.3 Å². The summed E-state index contributed by atoms with van der Waals surface area (Å²) < 4.78 is 21.8. The maximum Gasteiger partial charge on any atom is 0.332 e. The summed E-state index contributed by atoms with van der Waals surface area (Å²) in [6.07, 6.45) is 0. The van der Waals surface area contributed by atoms with Crippen molar-refractivity contribution in [2.24, 2.45) is 0 Å². The van der Waals surface area contributed by atoms with E-state index in [0.29, 0.717) is 9.99 Å². The summed E-state index contributed by atoms with van der Waals surface area (Å²) in [5.41, 5.74) is -0.726. The molecule has 6 nitrogen and oxygen atoms in total. The highest BCUT2D eigenvalue weighted by Crippen LogP contribution is 2.16. The molecule has 3 rings (SSSR count). The molecule has 0 amide bonds. The highest BCUT2D eigenvalue weighted by atomic mass is 79.9. The molecule has 8 heteroatoms. The van der Waals surface area contributed by atoms with Crippen molar-refractivity contribution in [1.29, 1.82) is 0 Å². The number of ether oxygens (including phenoxy) is 1. The van der Waals surface area contributed by atoms with Gasteiger partial charge in [0.25, 0.3) is 5.56 Å². The van der Waals surface area contributed by atoms with Gasteiger partial charge in [0.1, 0.15) is 12.4 Å². The summed E-state index contributed by atoms with van der Waals surface area (Å²) in [7, 11) is 0. The lowest BCUT2D eigenvalue weighted by Crippen LogP contribution is -2.41. The Balaban J connectivity index is 2.19. The summed E-state index contributed by atoms with van der Waals surface area (Å²) in [5, 5.41) is 0.263. The predicted molar refractivity (Wildman–Crippen MR) is 102 cm³/mol. The molecule has 140 valence electrons. The molecule has 0 aliphatic rings. The molecule has 0 radical (unpaired) electrons. The van der Waals surface area contributed by atoms with Crippen molar-refractivity contribution in [3.8, 4) is 0 Å². The van der Waals surface area contributed by atoms with Gasteiger partial charge in [0, 0.05) is 10.0 Å². The van der Waals surface area contributed by atoms with E-state index >= 15 is 0 Å². The highest BCUT2D eigenvalue weighted by molar-refractivity contribution is 9.10. The zero-order valence-corrected chi connectivity index (χ0v) is 16.0. The lowest BCUT2D eigenvalue weighted by atomic mass is 10.2. The van der Waals surface area contributed by atoms with Crippen molar-refractivity contribution < 1.29 is 13.9 Å². The normalized spacial score (nSPS) is 10.9. The van der Waals surface area contributed by atoms with Gasteiger partial charge in [0.05, 0.1) is 24.1 Å². The van der Waals surface area contributed by atoms with Gasteiger partial charge in [0.2, 0.25) is 0 Å². The molecule has 1 aromatic heterocycles. The monoisotopic (exact) mass is 434 g/mol. The topological polar surface area (TPSA) is 70.3 Å². The molecule has 1 heterocycles. The van der Waals surface area contributed by atoms with E-state index in [1.165, 1.54) is 16.7 Å². The first kappa shape index (κ1) is 19.0. The van der Waals surface area contributed by atoms with Crippen LogP contribution in [0, 0.1) is 5.82 Å². The molecular formula is C19H16BrFN2O4. The van der Waals surface area contributed by atoms with Gasteiger partial charge in [-0.15, -0.1) is 0 Å². The van der Waals surface area contributed by atoms with Gasteiger partial charge < -0.3 is 4.74 Å². The number of nitrogens with zero attached hydrogens (tertiary/aromatic N) is 2. The van der Waals surface area contributed by atoms with Crippen LogP contribution >= 0.6 is 15.9 Å². The average Bonchev–Trinajstić information content (AvgIpc) is 2.64. The van der Waals surface area contributed by atoms with Crippen LogP contribution in [0.15, 0.2) is 56.5 Å². The van der Waals surface area contributed by atoms with Crippen LogP contribution in [0.5, 0.6) is 0 Å². The van der Waals surface area contributed by atoms with E-state index in [2.05, 4.69) is 15.9 Å². The van der Waals surface area contributed by atoms with E-state index in [9.17, 15) is 18.8 Å². The van der Waals surface area contributed by atoms with Crippen LogP contribution in [0.25, 0.3) is 10.9 Å². The minimum Gasteiger partial charge on any atom is -0.465 e. The van der Waals surface area contributed by atoms with E-state index in [-0.39, 0.29) is 30.6 Å². The van der Waals surface area contributed by atoms with Crippen molar-refractivity contribution in [2.75, 3.05) is 6.61 Å². The number of hydrogen-bond acceptors (Lipinski definition) is 4. The molecule has 0 saturated carbocycles. The number of hydrogen-bond donors (Lipinski definition) is 0. The number of aromatic nitrogens is 2. The molecule has 2 aromatic carbocycles. The van der Waals surface area contributed by atoms with Crippen LogP contribution in [-0.4, -0.2) is 21.7 Å². The maximum atomic E-state index is 14.2. The molecule has 0 fully saturated rings. The smallest absolute Gasteiger partial charge is 0.332 e. The SMILES string of the molecule is CCOC(=O)Cn1c(=O)n(Cc2ccc(Br)cc2F)c(=O)c2ccccc21. The van der Waals surface area contributed by atoms with Crippen LogP contribution in [0.3, 0.4) is 0 Å². The van der Waals surface area contributed by atoms with Gasteiger partial charge in [-0.25, -0.2) is 9.18 Å². The third-order valence-corrected chi connectivity index (χ3v) is 4.56. The zero-order chi connectivity index (χ0) is 19.6. The Bertz CT molecular complexity index is 1140. The van der Waals surface area contributed by atoms with E-state index in [0.717, 1.165) is 4.57 Å². The first-order valence-corrected chi connectivity index (χ1v) is 9.03. The van der Waals surface area contributed by atoms with Gasteiger partial charge >= 0.3 is 11.7 Å². The molecule has 0 aliphatic carbocycles. The third kappa shape index (κ3) is 3.85. The van der Waals surface area contributed by atoms with Crippen molar-refractivity contribution in [1.82, 2.24) is 9.13 Å². The Hall–Kier alpha value is -2.74. The fourth-order valence-corrected chi connectivity index (χ4v) is 3.15. The molecule has 0 N–H and O–H groups in total. The Morgan fingerprint density at radius 3 is 2.59 bits per heavy atom. The molecule has 0 atom stereocenters. The second kappa shape index (κ2) is 7.87. The summed E-state index contributed by atoms with van der Waals surface area (Å²) in [5.74, 6) is -1.13. The van der Waals surface area contributed by atoms with Crippen molar-refractivity contribution in [3.05, 3.63) is 79.2 Å². The third-order valence-electron chi connectivity index (χ3n) is 4.07. The van der Waals surface area contributed by atoms with Gasteiger partial charge in [-0.2, -0.15) is 0 Å². The van der Waals surface area contributed by atoms with E-state index in [1.807, 2.05) is 0 Å². The number of benzene rings is 2. The van der Waals surface area contributed by atoms with Crippen molar-refractivity contribution in [2.45, 2.75) is 20.0 Å². The number of halogens is 2. The van der Waals surface area contributed by atoms with E-state index in [4.69, 9.17) is 4.74 Å². The molecule has 0 spiro atoms. The maximum absolute atomic E-state index is 14.2. The molecule has 27 heavy (non-hydrogen) atoms. The van der Waals surface area contributed by atoms with Crippen LogP contribution in [0.2, 0.25) is 0 Å². The Kier molecular flexibility index (Phi) is 5.55. The average molecular weight is 435 g/mol. The molecule has 3 aromatic rings. The number of rotatable bonds is 5. The Labute approximate surface area is 161 Å². The summed E-state index contributed by atoms with van der Waals surface area (Å²) in [6, 6.07) is 10.9. The first-order valence-electron chi connectivity index (χ1n) is 8.24. The number of para-hydroxylation sites is 1. The Morgan fingerprint density at radius 2 is 1.89 bits per heavy atom. The summed E-state index contributed by atoms with van der Waals surface area (Å²) in [6.45, 7) is 1.26. The molecule has 0 bridgehead atoms. The van der Waals surface area contributed by atoms with Crippen molar-refractivity contribution in [3.63, 3.8) is 0 Å². The summed E-state index contributed by atoms with van der Waals surface area (Å²) >= 11 is 3.17. The van der Waals surface area contributed by atoms with Crippen LogP contribution in [0.4, 0.5) is 4.39 Å². The molecular weight excluding hydrogens is 419 g/mol. The zero-order valence-electron chi connectivity index (χ0n) is 14.4. The Morgan fingerprint density at radius 1 is 1.15 bits per heavy atom. The minimum absolute atomic E-state index is 0.176. The van der Waals surface area contributed by atoms with Crippen molar-refractivity contribution >= 4 is 32.8 Å². The first-order chi connectivity index (χ1) is 12.9. The number of esters is 1. The molecule has 0 aliphatic heterocycles. The fraction of sp³-hybridized carbons (Fsp3) is 0.211. The largest absolute Gasteiger partial charge is 0.465 e. The number of carbonyl (C=O) groups excluding carboxylic acids is 1. The fourth-order valence-electron chi connectivity index (χ4n) is 2.82. The molecule has 0 saturated heterocycles. The number of carbonyl (C=O) groups is 1. The lowest BCUT2D eigenvalue weighted by molar-refractivity contribution is -0.143. The predicted octanol–water partition coefficient (Wildman–Crippen LogP) is 2.68. The van der Waals surface area contributed by atoms with Gasteiger partial charge in [0.15, 0.2) is 0 Å². The second-order valence-corrected chi connectivity index (χ2v) is 6.73. The molecule has 0 unspecified atom stereocenters. The minimum atomic E-state index is -0.700. The summed E-state index contributed by atoms with van der Waals surface area (Å²) in [4.78, 5) is 37.6. The standard InChI is InChI=1S/C19H16BrFN2O4/c1-2-27-17(24)11-22-16-6-4-3-5-14(16)18(25)23(19(22)26)10-12-7-8-13(20)9-15(12)21/h3-9H,2,10-11H2,1H3. The van der Waals surface area contributed by atoms with E-state index < -0.39 is 23.0 Å².